The van der Waals surface area contributed by atoms with Crippen LogP contribution in [-0.4, -0.2) is 36.7 Å². The van der Waals surface area contributed by atoms with Crippen molar-refractivity contribution in [3.63, 3.8) is 0 Å². The Morgan fingerprint density at radius 1 is 1.10 bits per heavy atom. The van der Waals surface area contributed by atoms with Crippen LogP contribution < -0.4 is 5.32 Å². The zero-order valence-electron chi connectivity index (χ0n) is 15.6. The molecule has 1 aliphatic heterocycles. The monoisotopic (exact) mass is 413 g/mol. The van der Waals surface area contributed by atoms with E-state index in [0.717, 1.165) is 17.5 Å². The van der Waals surface area contributed by atoms with E-state index < -0.39 is 21.8 Å². The number of aromatic nitrogens is 1. The van der Waals surface area contributed by atoms with Gasteiger partial charge in [-0.15, -0.1) is 0 Å². The van der Waals surface area contributed by atoms with E-state index in [1.165, 1.54) is 16.4 Å². The van der Waals surface area contributed by atoms with Crippen molar-refractivity contribution >= 4 is 32.5 Å². The number of fused-ring (bicyclic) bond motifs is 1. The molecule has 1 unspecified atom stereocenters. The van der Waals surface area contributed by atoms with Gasteiger partial charge in [0.05, 0.1) is 22.0 Å². The van der Waals surface area contributed by atoms with Crippen molar-refractivity contribution in [3.8, 4) is 0 Å². The molecule has 1 aromatic heterocycles. The number of nitrogens with zero attached hydrogens (tertiary/aromatic N) is 2. The minimum atomic E-state index is -3.78. The molecule has 0 spiro atoms. The number of halogens is 1. The fraction of sp³-hybridized carbons (Fsp3) is 0.238. The highest BCUT2D eigenvalue weighted by Gasteiger charge is 2.33. The number of nitrogens with one attached hydrogen (secondary N) is 1. The average molecular weight is 413 g/mol. The van der Waals surface area contributed by atoms with E-state index in [2.05, 4.69) is 10.3 Å². The molecule has 0 saturated carbocycles. The third kappa shape index (κ3) is 3.99. The zero-order chi connectivity index (χ0) is 20.4. The minimum Gasteiger partial charge on any atom is -0.324 e. The van der Waals surface area contributed by atoms with Crippen molar-refractivity contribution in [1.82, 2.24) is 9.29 Å². The molecular weight excluding hydrogens is 393 g/mol. The standard InChI is InChI=1S/C21H20FN3O3S/c22-17-8-10-18(11-9-17)29(27,28)25-13-3-6-16(14-25)21(26)24-19-7-1-4-15-5-2-12-23-20(15)19/h1-2,4-5,7-12,16H,3,6,13-14H2,(H,24,26). The molecule has 1 atom stereocenters. The van der Waals surface area contributed by atoms with Gasteiger partial charge in [0.2, 0.25) is 15.9 Å². The first-order valence-electron chi connectivity index (χ1n) is 9.35. The van der Waals surface area contributed by atoms with Crippen molar-refractivity contribution in [3.05, 3.63) is 66.6 Å². The average Bonchev–Trinajstić information content (AvgIpc) is 2.74. The maximum absolute atomic E-state index is 13.1. The Bertz CT molecular complexity index is 1140. The highest BCUT2D eigenvalue weighted by Crippen LogP contribution is 2.26. The number of para-hydroxylation sites is 1. The number of amides is 1. The lowest BCUT2D eigenvalue weighted by Crippen LogP contribution is -2.43. The molecule has 1 amide bonds. The molecule has 0 radical (unpaired) electrons. The molecule has 0 aliphatic carbocycles. The van der Waals surface area contributed by atoms with Gasteiger partial charge in [0.25, 0.3) is 0 Å². The van der Waals surface area contributed by atoms with Crippen LogP contribution in [0.1, 0.15) is 12.8 Å². The summed E-state index contributed by atoms with van der Waals surface area (Å²) in [5, 5.41) is 3.81. The molecule has 1 fully saturated rings. The van der Waals surface area contributed by atoms with Crippen LogP contribution in [0.15, 0.2) is 65.7 Å². The van der Waals surface area contributed by atoms with Crippen molar-refractivity contribution in [1.29, 1.82) is 0 Å². The molecule has 1 saturated heterocycles. The third-order valence-corrected chi connectivity index (χ3v) is 6.98. The van der Waals surface area contributed by atoms with Gasteiger partial charge in [-0.25, -0.2) is 12.8 Å². The van der Waals surface area contributed by atoms with Gasteiger partial charge in [0, 0.05) is 24.7 Å². The van der Waals surface area contributed by atoms with E-state index in [0.29, 0.717) is 30.6 Å². The number of hydrogen-bond acceptors (Lipinski definition) is 4. The number of piperidine rings is 1. The van der Waals surface area contributed by atoms with Crippen molar-refractivity contribution in [2.24, 2.45) is 5.92 Å². The first-order chi connectivity index (χ1) is 13.9. The lowest BCUT2D eigenvalue weighted by molar-refractivity contribution is -0.120. The van der Waals surface area contributed by atoms with Crippen LogP contribution in [0.4, 0.5) is 10.1 Å². The van der Waals surface area contributed by atoms with Crippen LogP contribution in [0.3, 0.4) is 0 Å². The number of sulfonamides is 1. The summed E-state index contributed by atoms with van der Waals surface area (Å²) in [6.07, 6.45) is 2.83. The van der Waals surface area contributed by atoms with Crippen LogP contribution in [-0.2, 0) is 14.8 Å². The molecule has 3 aromatic rings. The molecule has 150 valence electrons. The Labute approximate surface area is 168 Å². The second-order valence-corrected chi connectivity index (χ2v) is 8.96. The van der Waals surface area contributed by atoms with Crippen LogP contribution >= 0.6 is 0 Å². The molecule has 8 heteroatoms. The Kier molecular flexibility index (Phi) is 5.29. The first kappa shape index (κ1) is 19.5. The Morgan fingerprint density at radius 2 is 1.86 bits per heavy atom. The van der Waals surface area contributed by atoms with E-state index in [1.807, 2.05) is 24.3 Å². The van der Waals surface area contributed by atoms with Crippen LogP contribution in [0.25, 0.3) is 10.9 Å². The zero-order valence-corrected chi connectivity index (χ0v) is 16.4. The summed E-state index contributed by atoms with van der Waals surface area (Å²) >= 11 is 0. The second-order valence-electron chi connectivity index (χ2n) is 7.03. The Morgan fingerprint density at radius 3 is 2.66 bits per heavy atom. The number of rotatable bonds is 4. The number of carbonyl (C=O) groups excluding carboxylic acids is 1. The van der Waals surface area contributed by atoms with Gasteiger partial charge in [0.15, 0.2) is 0 Å². The van der Waals surface area contributed by atoms with Crippen LogP contribution in [0.2, 0.25) is 0 Å². The van der Waals surface area contributed by atoms with Crippen molar-refractivity contribution in [2.45, 2.75) is 17.7 Å². The van der Waals surface area contributed by atoms with Gasteiger partial charge in [-0.05, 0) is 49.2 Å². The minimum absolute atomic E-state index is 0.0261. The number of benzene rings is 2. The number of hydrogen-bond donors (Lipinski definition) is 1. The summed E-state index contributed by atoms with van der Waals surface area (Å²) in [6.45, 7) is 0.420. The Balaban J connectivity index is 1.52. The molecule has 29 heavy (non-hydrogen) atoms. The lowest BCUT2D eigenvalue weighted by atomic mass is 9.98. The lowest BCUT2D eigenvalue weighted by Gasteiger charge is -2.31. The molecular formula is C21H20FN3O3S. The van der Waals surface area contributed by atoms with Crippen molar-refractivity contribution in [2.75, 3.05) is 18.4 Å². The van der Waals surface area contributed by atoms with E-state index in [4.69, 9.17) is 0 Å². The van der Waals surface area contributed by atoms with Gasteiger partial charge in [0.1, 0.15) is 5.82 Å². The summed E-state index contributed by atoms with van der Waals surface area (Å²) in [7, 11) is -3.78. The molecule has 2 aromatic carbocycles. The summed E-state index contributed by atoms with van der Waals surface area (Å²) in [5.41, 5.74) is 1.29. The first-order valence-corrected chi connectivity index (χ1v) is 10.8. The van der Waals surface area contributed by atoms with E-state index in [9.17, 15) is 17.6 Å². The summed E-state index contributed by atoms with van der Waals surface area (Å²) in [6, 6.07) is 14.0. The second kappa shape index (κ2) is 7.88. The fourth-order valence-electron chi connectivity index (χ4n) is 3.57. The normalized spacial score (nSPS) is 17.9. The van der Waals surface area contributed by atoms with Crippen LogP contribution in [0, 0.1) is 11.7 Å². The quantitative estimate of drug-likeness (QED) is 0.711. The van der Waals surface area contributed by atoms with Gasteiger partial charge >= 0.3 is 0 Å². The SMILES string of the molecule is O=C(Nc1cccc2cccnc12)C1CCCN(S(=O)(=O)c2ccc(F)cc2)C1. The Hall–Kier alpha value is -2.84. The summed E-state index contributed by atoms with van der Waals surface area (Å²) in [5.74, 6) is -1.20. The maximum atomic E-state index is 13.1. The van der Waals surface area contributed by atoms with Crippen LogP contribution in [0.5, 0.6) is 0 Å². The maximum Gasteiger partial charge on any atom is 0.243 e. The smallest absolute Gasteiger partial charge is 0.243 e. The van der Waals surface area contributed by atoms with Crippen molar-refractivity contribution < 1.29 is 17.6 Å². The largest absolute Gasteiger partial charge is 0.324 e. The van der Waals surface area contributed by atoms with E-state index in [-0.39, 0.29) is 17.3 Å². The van der Waals surface area contributed by atoms with E-state index >= 15 is 0 Å². The third-order valence-electron chi connectivity index (χ3n) is 5.10. The molecule has 1 aliphatic rings. The molecule has 2 heterocycles. The number of pyridine rings is 1. The van der Waals surface area contributed by atoms with Gasteiger partial charge < -0.3 is 5.32 Å². The summed E-state index contributed by atoms with van der Waals surface area (Å²) in [4.78, 5) is 17.2. The molecule has 4 rings (SSSR count). The van der Waals surface area contributed by atoms with Gasteiger partial charge in [-0.3, -0.25) is 9.78 Å². The number of carbonyl (C=O) groups is 1. The predicted octanol–water partition coefficient (Wildman–Crippen LogP) is 3.41. The van der Waals surface area contributed by atoms with E-state index in [1.54, 1.807) is 12.3 Å². The summed E-state index contributed by atoms with van der Waals surface area (Å²) < 4.78 is 40.2. The number of anilines is 1. The highest BCUT2D eigenvalue weighted by molar-refractivity contribution is 7.89. The predicted molar refractivity (Wildman–Crippen MR) is 108 cm³/mol. The molecule has 6 nitrogen and oxygen atoms in total. The highest BCUT2D eigenvalue weighted by atomic mass is 32.2. The molecule has 1 N–H and O–H groups in total. The fourth-order valence-corrected chi connectivity index (χ4v) is 5.09. The van der Waals surface area contributed by atoms with Gasteiger partial charge in [-0.1, -0.05) is 18.2 Å². The van der Waals surface area contributed by atoms with Gasteiger partial charge in [-0.2, -0.15) is 4.31 Å². The topological polar surface area (TPSA) is 79.4 Å². The molecule has 0 bridgehead atoms.